The van der Waals surface area contributed by atoms with Gasteiger partial charge >= 0.3 is 6.03 Å². The van der Waals surface area contributed by atoms with Gasteiger partial charge in [-0.2, -0.15) is 0 Å². The van der Waals surface area contributed by atoms with Crippen molar-refractivity contribution in [2.75, 3.05) is 13.6 Å². The van der Waals surface area contributed by atoms with Crippen molar-refractivity contribution in [3.05, 3.63) is 66.0 Å². The first-order valence-electron chi connectivity index (χ1n) is 7.80. The van der Waals surface area contributed by atoms with E-state index in [-0.39, 0.29) is 12.1 Å². The number of rotatable bonds is 7. The summed E-state index contributed by atoms with van der Waals surface area (Å²) in [5.74, 6) is 0. The molecule has 1 atom stereocenters. The number of carbonyl (C=O) groups excluding carboxylic acids is 1. The molecule has 1 aromatic carbocycles. The minimum Gasteiger partial charge on any atom is -0.337 e. The lowest BCUT2D eigenvalue weighted by Crippen LogP contribution is -2.43. The maximum absolute atomic E-state index is 11.8. The number of hydrogen-bond acceptors (Lipinski definition) is 3. The van der Waals surface area contributed by atoms with Crippen molar-refractivity contribution < 1.29 is 4.79 Å². The molecular formula is C18H24N4O. The van der Waals surface area contributed by atoms with E-state index in [0.717, 1.165) is 12.1 Å². The Hall–Kier alpha value is -2.40. The van der Waals surface area contributed by atoms with E-state index in [1.54, 1.807) is 12.4 Å². The minimum atomic E-state index is -0.151. The van der Waals surface area contributed by atoms with Gasteiger partial charge in [-0.15, -0.1) is 0 Å². The molecule has 2 rings (SSSR count). The van der Waals surface area contributed by atoms with E-state index in [9.17, 15) is 4.79 Å². The summed E-state index contributed by atoms with van der Waals surface area (Å²) in [6, 6.07) is 14.2. The fraction of sp³-hybridized carbons (Fsp3) is 0.333. The Morgan fingerprint density at radius 3 is 2.48 bits per heavy atom. The molecule has 5 heteroatoms. The van der Waals surface area contributed by atoms with Crippen LogP contribution < -0.4 is 10.6 Å². The Morgan fingerprint density at radius 2 is 1.78 bits per heavy atom. The van der Waals surface area contributed by atoms with Crippen LogP contribution in [0.5, 0.6) is 0 Å². The number of likely N-dealkylation sites (N-methyl/N-ethyl adjacent to an activating group) is 1. The summed E-state index contributed by atoms with van der Waals surface area (Å²) in [6.45, 7) is 4.07. The molecule has 0 fully saturated rings. The average Bonchev–Trinajstić information content (AvgIpc) is 2.59. The van der Waals surface area contributed by atoms with Gasteiger partial charge in [-0.25, -0.2) is 4.79 Å². The van der Waals surface area contributed by atoms with Crippen LogP contribution in [0.15, 0.2) is 54.9 Å². The highest BCUT2D eigenvalue weighted by Gasteiger charge is 2.11. The topological polar surface area (TPSA) is 57.3 Å². The molecule has 122 valence electrons. The lowest BCUT2D eigenvalue weighted by molar-refractivity contribution is 0.223. The third-order valence-electron chi connectivity index (χ3n) is 3.79. The highest BCUT2D eigenvalue weighted by Crippen LogP contribution is 2.05. The second-order valence-corrected chi connectivity index (χ2v) is 5.67. The van der Waals surface area contributed by atoms with Crippen LogP contribution in [0.4, 0.5) is 4.79 Å². The number of amides is 2. The van der Waals surface area contributed by atoms with Gasteiger partial charge in [0.15, 0.2) is 0 Å². The SMILES string of the molecule is CC(CNC(=O)NCc1ccncc1)N(C)Cc1ccccc1. The van der Waals surface area contributed by atoms with Gasteiger partial charge in [-0.1, -0.05) is 30.3 Å². The lowest BCUT2D eigenvalue weighted by atomic mass is 10.2. The Kier molecular flexibility index (Phi) is 6.56. The molecule has 0 aliphatic carbocycles. The fourth-order valence-electron chi connectivity index (χ4n) is 2.17. The van der Waals surface area contributed by atoms with Crippen molar-refractivity contribution in [2.45, 2.75) is 26.1 Å². The summed E-state index contributed by atoms with van der Waals surface area (Å²) in [6.07, 6.45) is 3.44. The fourth-order valence-corrected chi connectivity index (χ4v) is 2.17. The molecule has 0 saturated carbocycles. The standard InChI is InChI=1S/C18H24N4O/c1-15(22(2)14-17-6-4-3-5-7-17)12-20-18(23)21-13-16-8-10-19-11-9-16/h3-11,15H,12-14H2,1-2H3,(H2,20,21,23). The zero-order valence-electron chi connectivity index (χ0n) is 13.7. The Bertz CT molecular complexity index is 588. The van der Waals surface area contributed by atoms with Crippen LogP contribution in [0.3, 0.4) is 0 Å². The zero-order chi connectivity index (χ0) is 16.5. The van der Waals surface area contributed by atoms with Crippen LogP contribution in [0.25, 0.3) is 0 Å². The second kappa shape index (κ2) is 8.90. The van der Waals surface area contributed by atoms with Crippen molar-refractivity contribution >= 4 is 6.03 Å². The van der Waals surface area contributed by atoms with Crippen LogP contribution in [0.1, 0.15) is 18.1 Å². The molecular weight excluding hydrogens is 288 g/mol. The Balaban J connectivity index is 1.68. The summed E-state index contributed by atoms with van der Waals surface area (Å²) in [5.41, 5.74) is 2.30. The third kappa shape index (κ3) is 6.08. The molecule has 23 heavy (non-hydrogen) atoms. The van der Waals surface area contributed by atoms with E-state index < -0.39 is 0 Å². The Labute approximate surface area is 137 Å². The molecule has 0 aliphatic rings. The van der Waals surface area contributed by atoms with Gasteiger partial charge in [-0.3, -0.25) is 9.88 Å². The van der Waals surface area contributed by atoms with Crippen LogP contribution in [0.2, 0.25) is 0 Å². The van der Waals surface area contributed by atoms with E-state index in [1.165, 1.54) is 5.56 Å². The highest BCUT2D eigenvalue weighted by atomic mass is 16.2. The van der Waals surface area contributed by atoms with E-state index in [0.29, 0.717) is 13.1 Å². The molecule has 0 spiro atoms. The van der Waals surface area contributed by atoms with Crippen molar-refractivity contribution in [2.24, 2.45) is 0 Å². The molecule has 0 aliphatic heterocycles. The molecule has 0 radical (unpaired) electrons. The van der Waals surface area contributed by atoms with Crippen molar-refractivity contribution in [3.63, 3.8) is 0 Å². The molecule has 2 aromatic rings. The van der Waals surface area contributed by atoms with E-state index in [2.05, 4.69) is 46.6 Å². The summed E-state index contributed by atoms with van der Waals surface area (Å²) in [7, 11) is 2.06. The smallest absolute Gasteiger partial charge is 0.315 e. The maximum Gasteiger partial charge on any atom is 0.315 e. The van der Waals surface area contributed by atoms with Gasteiger partial charge in [0.2, 0.25) is 0 Å². The normalized spacial score (nSPS) is 12.0. The van der Waals surface area contributed by atoms with Gasteiger partial charge < -0.3 is 10.6 Å². The van der Waals surface area contributed by atoms with Crippen LogP contribution in [-0.2, 0) is 13.1 Å². The van der Waals surface area contributed by atoms with Crippen LogP contribution in [-0.4, -0.2) is 35.5 Å². The predicted octanol–water partition coefficient (Wildman–Crippen LogP) is 2.40. The number of nitrogens with one attached hydrogen (secondary N) is 2. The van der Waals surface area contributed by atoms with E-state index >= 15 is 0 Å². The van der Waals surface area contributed by atoms with Crippen LogP contribution in [0, 0.1) is 0 Å². The number of hydrogen-bond donors (Lipinski definition) is 2. The first-order valence-corrected chi connectivity index (χ1v) is 7.80. The largest absolute Gasteiger partial charge is 0.337 e. The molecule has 2 amide bonds. The van der Waals surface area contributed by atoms with Crippen LogP contribution >= 0.6 is 0 Å². The average molecular weight is 312 g/mol. The highest BCUT2D eigenvalue weighted by molar-refractivity contribution is 5.73. The third-order valence-corrected chi connectivity index (χ3v) is 3.79. The van der Waals surface area contributed by atoms with Crippen molar-refractivity contribution in [1.29, 1.82) is 0 Å². The summed E-state index contributed by atoms with van der Waals surface area (Å²) < 4.78 is 0. The summed E-state index contributed by atoms with van der Waals surface area (Å²) in [4.78, 5) is 18.0. The van der Waals surface area contributed by atoms with Gasteiger partial charge in [-0.05, 0) is 37.2 Å². The molecule has 2 N–H and O–H groups in total. The molecule has 1 heterocycles. The molecule has 0 saturated heterocycles. The predicted molar refractivity (Wildman–Crippen MR) is 91.8 cm³/mol. The Morgan fingerprint density at radius 1 is 1.09 bits per heavy atom. The van der Waals surface area contributed by atoms with Gasteiger partial charge in [0.1, 0.15) is 0 Å². The second-order valence-electron chi connectivity index (χ2n) is 5.67. The number of pyridine rings is 1. The van der Waals surface area contributed by atoms with Crippen molar-refractivity contribution in [1.82, 2.24) is 20.5 Å². The number of urea groups is 1. The summed E-state index contributed by atoms with van der Waals surface area (Å²) in [5, 5.41) is 5.76. The van der Waals surface area contributed by atoms with Crippen molar-refractivity contribution in [3.8, 4) is 0 Å². The monoisotopic (exact) mass is 312 g/mol. The van der Waals surface area contributed by atoms with E-state index in [4.69, 9.17) is 0 Å². The molecule has 1 aromatic heterocycles. The first-order chi connectivity index (χ1) is 11.1. The number of carbonyl (C=O) groups is 1. The molecule has 0 bridgehead atoms. The first kappa shape index (κ1) is 17.0. The number of benzene rings is 1. The van der Waals surface area contributed by atoms with Gasteiger partial charge in [0, 0.05) is 38.1 Å². The van der Waals surface area contributed by atoms with E-state index in [1.807, 2.05) is 30.3 Å². The number of nitrogens with zero attached hydrogens (tertiary/aromatic N) is 2. The number of aromatic nitrogens is 1. The minimum absolute atomic E-state index is 0.151. The summed E-state index contributed by atoms with van der Waals surface area (Å²) >= 11 is 0. The molecule has 5 nitrogen and oxygen atoms in total. The molecule has 1 unspecified atom stereocenters. The maximum atomic E-state index is 11.8. The van der Waals surface area contributed by atoms with Gasteiger partial charge in [0.25, 0.3) is 0 Å². The quantitative estimate of drug-likeness (QED) is 0.825. The lowest BCUT2D eigenvalue weighted by Gasteiger charge is -2.25. The zero-order valence-corrected chi connectivity index (χ0v) is 13.7. The van der Waals surface area contributed by atoms with Gasteiger partial charge in [0.05, 0.1) is 0 Å².